The largest absolute Gasteiger partial charge is 0.457 e. The highest BCUT2D eigenvalue weighted by molar-refractivity contribution is 5.95. The zero-order chi connectivity index (χ0) is 23.9. The third kappa shape index (κ3) is 3.87. The van der Waals surface area contributed by atoms with Crippen LogP contribution in [0.5, 0.6) is 0 Å². The summed E-state index contributed by atoms with van der Waals surface area (Å²) >= 11 is 0. The lowest BCUT2D eigenvalue weighted by molar-refractivity contribution is -0.141. The maximum Gasteiger partial charge on any atom is 0.416 e. The van der Waals surface area contributed by atoms with Crippen LogP contribution in [0.2, 0.25) is 0 Å². The number of benzene rings is 3. The maximum absolute atomic E-state index is 13.3. The van der Waals surface area contributed by atoms with Crippen LogP contribution in [0.15, 0.2) is 78.0 Å². The number of carbonyl (C=O) groups excluding carboxylic acids is 1. The molecular formula is C24H18F3N5O2. The maximum atomic E-state index is 13.3. The normalized spacial score (nSPS) is 15.7. The average Bonchev–Trinajstić information content (AvgIpc) is 3.29. The number of anilines is 1. The van der Waals surface area contributed by atoms with Crippen LogP contribution in [-0.2, 0) is 22.3 Å². The van der Waals surface area contributed by atoms with Gasteiger partial charge in [0.1, 0.15) is 12.6 Å². The van der Waals surface area contributed by atoms with Crippen molar-refractivity contribution in [3.05, 3.63) is 94.7 Å². The molecule has 7 nitrogen and oxygen atoms in total. The predicted octanol–water partition coefficient (Wildman–Crippen LogP) is 4.88. The van der Waals surface area contributed by atoms with Gasteiger partial charge >= 0.3 is 12.1 Å². The summed E-state index contributed by atoms with van der Waals surface area (Å²) in [7, 11) is 0. The van der Waals surface area contributed by atoms with Crippen LogP contribution in [-0.4, -0.2) is 26.2 Å². The molecule has 2 heterocycles. The summed E-state index contributed by atoms with van der Waals surface area (Å²) in [6, 6.07) is 17.4. The second-order valence-corrected chi connectivity index (χ2v) is 7.85. The molecule has 0 fully saturated rings. The van der Waals surface area contributed by atoms with Crippen LogP contribution >= 0.6 is 0 Å². The Bertz CT molecular complexity index is 1400. The molecule has 3 aromatic carbocycles. The van der Waals surface area contributed by atoms with E-state index in [0.29, 0.717) is 22.8 Å². The number of rotatable bonds is 4. The van der Waals surface area contributed by atoms with Crippen molar-refractivity contribution < 1.29 is 22.7 Å². The number of fused-ring (bicyclic) bond motifs is 2. The highest BCUT2D eigenvalue weighted by Gasteiger charge is 2.36. The summed E-state index contributed by atoms with van der Waals surface area (Å²) in [5, 5.41) is 16.8. The topological polar surface area (TPSA) is 81.9 Å². The van der Waals surface area contributed by atoms with Crippen molar-refractivity contribution >= 4 is 22.7 Å². The minimum Gasteiger partial charge on any atom is -0.457 e. The fourth-order valence-electron chi connectivity index (χ4n) is 4.07. The molecule has 0 saturated heterocycles. The van der Waals surface area contributed by atoms with Gasteiger partial charge in [0.2, 0.25) is 5.95 Å². The Kier molecular flexibility index (Phi) is 5.27. The Labute approximate surface area is 191 Å². The number of nitrogens with zero attached hydrogens (tertiary/aromatic N) is 4. The number of ether oxygens (including phenoxy) is 1. The molecule has 1 unspecified atom stereocenters. The number of allylic oxidation sites excluding steroid dienone is 1. The molecule has 5 rings (SSSR count). The molecule has 1 aliphatic heterocycles. The summed E-state index contributed by atoms with van der Waals surface area (Å²) in [5.41, 5.74) is 1.32. The predicted molar refractivity (Wildman–Crippen MR) is 117 cm³/mol. The zero-order valence-electron chi connectivity index (χ0n) is 17.9. The molecule has 4 aromatic rings. The van der Waals surface area contributed by atoms with E-state index in [1.54, 1.807) is 6.92 Å². The highest BCUT2D eigenvalue weighted by atomic mass is 19.4. The Morgan fingerprint density at radius 3 is 2.56 bits per heavy atom. The first kappa shape index (κ1) is 21.6. The zero-order valence-corrected chi connectivity index (χ0v) is 17.9. The molecule has 10 heteroatoms. The van der Waals surface area contributed by atoms with Crippen LogP contribution in [0.1, 0.15) is 29.7 Å². The van der Waals surface area contributed by atoms with Gasteiger partial charge in [0.15, 0.2) is 0 Å². The summed E-state index contributed by atoms with van der Waals surface area (Å²) in [6.45, 7) is 1.55. The van der Waals surface area contributed by atoms with E-state index in [1.165, 1.54) is 16.8 Å². The second-order valence-electron chi connectivity index (χ2n) is 7.85. The number of esters is 1. The minimum absolute atomic E-state index is 0.182. The van der Waals surface area contributed by atoms with Crippen molar-refractivity contribution in [2.45, 2.75) is 25.7 Å². The van der Waals surface area contributed by atoms with Gasteiger partial charge in [-0.15, -0.1) is 0 Å². The summed E-state index contributed by atoms with van der Waals surface area (Å²) in [5.74, 6) is -0.237. The molecule has 0 bridgehead atoms. The molecular weight excluding hydrogens is 447 g/mol. The van der Waals surface area contributed by atoms with Gasteiger partial charge in [-0.05, 0) is 51.4 Å². The van der Waals surface area contributed by atoms with Crippen molar-refractivity contribution in [3.63, 3.8) is 0 Å². The quantitative estimate of drug-likeness (QED) is 0.433. The molecule has 1 atom stereocenters. The number of hydrogen-bond acceptors (Lipinski definition) is 6. The second kappa shape index (κ2) is 8.29. The smallest absolute Gasteiger partial charge is 0.416 e. The van der Waals surface area contributed by atoms with Gasteiger partial charge in [-0.25, -0.2) is 4.79 Å². The number of aromatic nitrogens is 4. The Morgan fingerprint density at radius 1 is 1.06 bits per heavy atom. The van der Waals surface area contributed by atoms with Gasteiger partial charge in [-0.1, -0.05) is 59.7 Å². The van der Waals surface area contributed by atoms with Gasteiger partial charge in [0, 0.05) is 5.70 Å². The Hall–Kier alpha value is -4.21. The van der Waals surface area contributed by atoms with Gasteiger partial charge < -0.3 is 10.1 Å². The van der Waals surface area contributed by atoms with Crippen molar-refractivity contribution in [2.75, 3.05) is 5.32 Å². The third-order valence-corrected chi connectivity index (χ3v) is 5.70. The molecule has 0 saturated carbocycles. The highest BCUT2D eigenvalue weighted by Crippen LogP contribution is 2.38. The Balaban J connectivity index is 1.48. The van der Waals surface area contributed by atoms with Crippen LogP contribution in [0.3, 0.4) is 0 Å². The molecule has 0 spiro atoms. The summed E-state index contributed by atoms with van der Waals surface area (Å²) in [4.78, 5) is 13.3. The first-order chi connectivity index (χ1) is 16.3. The molecule has 1 aromatic heterocycles. The Morgan fingerprint density at radius 2 is 1.79 bits per heavy atom. The summed E-state index contributed by atoms with van der Waals surface area (Å²) < 4.78 is 45.5. The fraction of sp³-hybridized carbons (Fsp3) is 0.167. The van der Waals surface area contributed by atoms with E-state index in [1.807, 2.05) is 42.5 Å². The number of nitrogens with one attached hydrogen (secondary N) is 1. The van der Waals surface area contributed by atoms with Crippen molar-refractivity contribution in [1.29, 1.82) is 0 Å². The van der Waals surface area contributed by atoms with Gasteiger partial charge in [0.25, 0.3) is 0 Å². The average molecular weight is 465 g/mol. The number of hydrogen-bond donors (Lipinski definition) is 1. The lowest BCUT2D eigenvalue weighted by Gasteiger charge is -2.28. The first-order valence-corrected chi connectivity index (χ1v) is 10.4. The molecule has 34 heavy (non-hydrogen) atoms. The van der Waals surface area contributed by atoms with E-state index >= 15 is 0 Å². The molecule has 1 aliphatic rings. The number of carbonyl (C=O) groups is 1. The van der Waals surface area contributed by atoms with E-state index in [-0.39, 0.29) is 6.61 Å². The summed E-state index contributed by atoms with van der Waals surface area (Å²) in [6.07, 6.45) is -4.43. The van der Waals surface area contributed by atoms with E-state index < -0.39 is 23.8 Å². The third-order valence-electron chi connectivity index (χ3n) is 5.70. The molecule has 1 N–H and O–H groups in total. The van der Waals surface area contributed by atoms with Crippen LogP contribution in [0, 0.1) is 0 Å². The number of halogens is 3. The minimum atomic E-state index is -4.43. The van der Waals surface area contributed by atoms with E-state index in [9.17, 15) is 18.0 Å². The standard InChI is InChI=1S/C24H18F3N5O2/c1-14-20(22(33)34-13-15-9-11-17(12-10-15)24(25,26)27)21(32-23(28-14)29-30-31-32)19-8-4-6-16-5-2-3-7-18(16)19/h2-12,21H,13H2,1H3,(H,28,29,31). The molecule has 0 radical (unpaired) electrons. The lowest BCUT2D eigenvalue weighted by atomic mass is 9.91. The van der Waals surface area contributed by atoms with Crippen LogP contribution in [0.25, 0.3) is 10.8 Å². The SMILES string of the molecule is CC1=C(C(=O)OCc2ccc(C(F)(F)F)cc2)C(c2cccc3ccccc23)n2nnnc2N1. The van der Waals surface area contributed by atoms with Gasteiger partial charge in [-0.2, -0.15) is 17.9 Å². The molecule has 0 aliphatic carbocycles. The fourth-order valence-corrected chi connectivity index (χ4v) is 4.07. The van der Waals surface area contributed by atoms with Crippen LogP contribution < -0.4 is 5.32 Å². The van der Waals surface area contributed by atoms with Gasteiger partial charge in [0.05, 0.1) is 11.1 Å². The van der Waals surface area contributed by atoms with Crippen molar-refractivity contribution in [2.24, 2.45) is 0 Å². The monoisotopic (exact) mass is 465 g/mol. The van der Waals surface area contributed by atoms with Crippen molar-refractivity contribution in [1.82, 2.24) is 20.2 Å². The molecule has 172 valence electrons. The van der Waals surface area contributed by atoms with E-state index in [0.717, 1.165) is 28.5 Å². The van der Waals surface area contributed by atoms with E-state index in [2.05, 4.69) is 20.8 Å². The molecule has 0 amide bonds. The van der Waals surface area contributed by atoms with Crippen molar-refractivity contribution in [3.8, 4) is 0 Å². The number of alkyl halides is 3. The first-order valence-electron chi connectivity index (χ1n) is 10.4. The van der Waals surface area contributed by atoms with Crippen LogP contribution in [0.4, 0.5) is 19.1 Å². The van der Waals surface area contributed by atoms with Gasteiger partial charge in [-0.3, -0.25) is 0 Å². The number of tetrazole rings is 1. The van der Waals surface area contributed by atoms with E-state index in [4.69, 9.17) is 4.74 Å². The lowest BCUT2D eigenvalue weighted by Crippen LogP contribution is -2.29.